The predicted octanol–water partition coefficient (Wildman–Crippen LogP) is 7.00. The quantitative estimate of drug-likeness (QED) is 0.259. The Morgan fingerprint density at radius 3 is 1.63 bits per heavy atom. The Labute approximate surface area is 208 Å². The molecule has 0 aromatic heterocycles. The average Bonchev–Trinajstić information content (AvgIpc) is 2.90. The number of hydrogen-bond donors (Lipinski definition) is 1. The minimum Gasteiger partial charge on any atom is -0.478 e. The van der Waals surface area contributed by atoms with Gasteiger partial charge < -0.3 is 5.11 Å². The molecule has 0 spiro atoms. The topological polar surface area (TPSA) is 40.5 Å². The van der Waals surface area contributed by atoms with Gasteiger partial charge in [-0.2, -0.15) is 0 Å². The molecule has 3 nitrogen and oxygen atoms in total. The molecule has 1 atom stereocenters. The van der Waals surface area contributed by atoms with Crippen molar-refractivity contribution in [3.8, 4) is 11.1 Å². The number of nitrogens with zero attached hydrogens (tertiary/aromatic N) is 1. The van der Waals surface area contributed by atoms with Crippen molar-refractivity contribution in [2.45, 2.75) is 32.5 Å². The number of carbonyl (C=O) groups is 1. The maximum absolute atomic E-state index is 11.7. The van der Waals surface area contributed by atoms with Crippen molar-refractivity contribution in [3.63, 3.8) is 0 Å². The Kier molecular flexibility index (Phi) is 8.26. The summed E-state index contributed by atoms with van der Waals surface area (Å²) in [4.78, 5) is 14.1. The number of carboxylic acid groups (broad SMARTS) is 1. The van der Waals surface area contributed by atoms with Crippen LogP contribution < -0.4 is 0 Å². The summed E-state index contributed by atoms with van der Waals surface area (Å²) in [5, 5.41) is 9.63. The third kappa shape index (κ3) is 7.02. The number of rotatable bonds is 10. The molecule has 0 heterocycles. The molecular weight excluding hydrogens is 430 g/mol. The van der Waals surface area contributed by atoms with Crippen LogP contribution in [0.25, 0.3) is 11.1 Å². The van der Waals surface area contributed by atoms with Crippen molar-refractivity contribution in [1.29, 1.82) is 0 Å². The van der Waals surface area contributed by atoms with Crippen LogP contribution in [0.2, 0.25) is 0 Å². The molecule has 0 aliphatic rings. The van der Waals surface area contributed by atoms with Crippen molar-refractivity contribution < 1.29 is 9.90 Å². The molecule has 35 heavy (non-hydrogen) atoms. The first-order valence-electron chi connectivity index (χ1n) is 12.0. The summed E-state index contributed by atoms with van der Waals surface area (Å²) in [5.74, 6) is -0.881. The molecule has 0 aliphatic heterocycles. The van der Waals surface area contributed by atoms with E-state index in [1.54, 1.807) is 6.92 Å². The van der Waals surface area contributed by atoms with Gasteiger partial charge in [0.25, 0.3) is 0 Å². The van der Waals surface area contributed by atoms with Crippen LogP contribution in [0.1, 0.15) is 23.6 Å². The van der Waals surface area contributed by atoms with E-state index in [-0.39, 0.29) is 6.04 Å². The van der Waals surface area contributed by atoms with E-state index in [4.69, 9.17) is 0 Å². The van der Waals surface area contributed by atoms with E-state index in [2.05, 4.69) is 65.6 Å². The van der Waals surface area contributed by atoms with Crippen LogP contribution in [0.4, 0.5) is 0 Å². The maximum atomic E-state index is 11.7. The second-order valence-electron chi connectivity index (χ2n) is 8.87. The van der Waals surface area contributed by atoms with E-state index in [1.165, 1.54) is 27.8 Å². The molecule has 0 aliphatic carbocycles. The largest absolute Gasteiger partial charge is 0.478 e. The third-order valence-corrected chi connectivity index (χ3v) is 6.21. The van der Waals surface area contributed by atoms with Crippen molar-refractivity contribution in [1.82, 2.24) is 4.90 Å². The minimum atomic E-state index is -0.881. The van der Waals surface area contributed by atoms with E-state index < -0.39 is 5.97 Å². The zero-order chi connectivity index (χ0) is 24.5. The van der Waals surface area contributed by atoms with E-state index in [0.29, 0.717) is 5.57 Å². The zero-order valence-electron chi connectivity index (χ0n) is 20.0. The molecule has 1 N–H and O–H groups in total. The fraction of sp³-hybridized carbons (Fsp3) is 0.156. The number of carboxylic acids is 1. The molecule has 0 radical (unpaired) electrons. The van der Waals surface area contributed by atoms with Crippen LogP contribution >= 0.6 is 0 Å². The van der Waals surface area contributed by atoms with Gasteiger partial charge in [-0.1, -0.05) is 121 Å². The van der Waals surface area contributed by atoms with Crippen LogP contribution in [-0.4, -0.2) is 22.0 Å². The van der Waals surface area contributed by atoms with Gasteiger partial charge >= 0.3 is 5.97 Å². The van der Waals surface area contributed by atoms with Crippen molar-refractivity contribution >= 4 is 5.97 Å². The Morgan fingerprint density at radius 1 is 0.686 bits per heavy atom. The first-order chi connectivity index (χ1) is 17.1. The van der Waals surface area contributed by atoms with Gasteiger partial charge in [0, 0.05) is 24.7 Å². The highest BCUT2D eigenvalue weighted by Crippen LogP contribution is 2.23. The second kappa shape index (κ2) is 12.0. The predicted molar refractivity (Wildman–Crippen MR) is 143 cm³/mol. The first-order valence-corrected chi connectivity index (χ1v) is 12.0. The highest BCUT2D eigenvalue weighted by Gasteiger charge is 2.20. The Morgan fingerprint density at radius 2 is 1.14 bits per heavy atom. The second-order valence-corrected chi connectivity index (χ2v) is 8.87. The normalized spacial score (nSPS) is 12.5. The van der Waals surface area contributed by atoms with Crippen molar-refractivity contribution in [2.24, 2.45) is 0 Å². The van der Waals surface area contributed by atoms with Crippen LogP contribution in [0, 0.1) is 0 Å². The first kappa shape index (κ1) is 24.2. The number of benzene rings is 4. The number of aliphatic carboxylic acids is 1. The summed E-state index contributed by atoms with van der Waals surface area (Å²) >= 11 is 0. The van der Waals surface area contributed by atoms with Gasteiger partial charge in [0.15, 0.2) is 0 Å². The SMILES string of the molecule is CC(=CC(Cc1ccc(-c2ccccc2)cc1)N(Cc1ccccc1)Cc1ccccc1)C(=O)O. The molecule has 4 rings (SSSR count). The molecule has 0 saturated carbocycles. The van der Waals surface area contributed by atoms with Gasteiger partial charge in [0.05, 0.1) is 0 Å². The Bertz CT molecular complexity index is 1190. The highest BCUT2D eigenvalue weighted by molar-refractivity contribution is 5.85. The van der Waals surface area contributed by atoms with Gasteiger partial charge in [-0.3, -0.25) is 4.90 Å². The van der Waals surface area contributed by atoms with Crippen molar-refractivity contribution in [2.75, 3.05) is 0 Å². The highest BCUT2D eigenvalue weighted by atomic mass is 16.4. The summed E-state index contributed by atoms with van der Waals surface area (Å²) in [6, 6.07) is 39.6. The van der Waals surface area contributed by atoms with E-state index in [0.717, 1.165) is 19.5 Å². The molecule has 4 aromatic rings. The fourth-order valence-electron chi connectivity index (χ4n) is 4.28. The van der Waals surface area contributed by atoms with E-state index in [1.807, 2.05) is 60.7 Å². The lowest BCUT2D eigenvalue weighted by atomic mass is 9.98. The standard InChI is InChI=1S/C32H31NO2/c1-25(32(34)35)21-31(22-26-17-19-30(20-18-26)29-15-9-4-10-16-29)33(23-27-11-5-2-6-12-27)24-28-13-7-3-8-14-28/h2-21,31H,22-24H2,1H3,(H,34,35). The summed E-state index contributed by atoms with van der Waals surface area (Å²) in [6.07, 6.45) is 2.62. The molecule has 4 aromatic carbocycles. The van der Waals surface area contributed by atoms with Gasteiger partial charge in [-0.15, -0.1) is 0 Å². The maximum Gasteiger partial charge on any atom is 0.331 e. The van der Waals surface area contributed by atoms with Gasteiger partial charge in [0.2, 0.25) is 0 Å². The van der Waals surface area contributed by atoms with Crippen LogP contribution in [0.5, 0.6) is 0 Å². The van der Waals surface area contributed by atoms with Gasteiger partial charge in [-0.25, -0.2) is 4.79 Å². The van der Waals surface area contributed by atoms with Gasteiger partial charge in [0.1, 0.15) is 0 Å². The molecule has 0 fully saturated rings. The molecule has 176 valence electrons. The molecule has 0 bridgehead atoms. The number of hydrogen-bond acceptors (Lipinski definition) is 2. The van der Waals surface area contributed by atoms with Crippen LogP contribution in [-0.2, 0) is 24.3 Å². The zero-order valence-corrected chi connectivity index (χ0v) is 20.0. The summed E-state index contributed by atoms with van der Waals surface area (Å²) < 4.78 is 0. The summed E-state index contributed by atoms with van der Waals surface area (Å²) in [5.41, 5.74) is 6.31. The third-order valence-electron chi connectivity index (χ3n) is 6.21. The lowest BCUT2D eigenvalue weighted by Crippen LogP contribution is -2.35. The Balaban J connectivity index is 1.64. The molecule has 3 heteroatoms. The van der Waals surface area contributed by atoms with Crippen LogP contribution in [0.3, 0.4) is 0 Å². The molecule has 1 unspecified atom stereocenters. The monoisotopic (exact) mass is 461 g/mol. The van der Waals surface area contributed by atoms with Gasteiger partial charge in [-0.05, 0) is 41.2 Å². The minimum absolute atomic E-state index is 0.0749. The lowest BCUT2D eigenvalue weighted by Gasteiger charge is -2.31. The van der Waals surface area contributed by atoms with Crippen LogP contribution in [0.15, 0.2) is 127 Å². The molecular formula is C32H31NO2. The van der Waals surface area contributed by atoms with E-state index in [9.17, 15) is 9.90 Å². The average molecular weight is 462 g/mol. The Hall–Kier alpha value is -3.95. The fourth-order valence-corrected chi connectivity index (χ4v) is 4.28. The smallest absolute Gasteiger partial charge is 0.331 e. The van der Waals surface area contributed by atoms with E-state index >= 15 is 0 Å². The molecule has 0 saturated heterocycles. The summed E-state index contributed by atoms with van der Waals surface area (Å²) in [6.45, 7) is 3.13. The molecule has 0 amide bonds. The lowest BCUT2D eigenvalue weighted by molar-refractivity contribution is -0.132. The van der Waals surface area contributed by atoms with Crippen molar-refractivity contribution in [3.05, 3.63) is 144 Å². The summed E-state index contributed by atoms with van der Waals surface area (Å²) in [7, 11) is 0.